The van der Waals surface area contributed by atoms with Gasteiger partial charge in [-0.2, -0.15) is 0 Å². The van der Waals surface area contributed by atoms with Gasteiger partial charge >= 0.3 is 5.97 Å². The summed E-state index contributed by atoms with van der Waals surface area (Å²) in [6.07, 6.45) is 1.27. The molecule has 3 unspecified atom stereocenters. The summed E-state index contributed by atoms with van der Waals surface area (Å²) in [6, 6.07) is -0.643. The van der Waals surface area contributed by atoms with Crippen LogP contribution in [0.4, 0.5) is 0 Å². The molecular weight excluding hydrogens is 238 g/mol. The number of amides is 1. The molecule has 2 heterocycles. The van der Waals surface area contributed by atoms with Gasteiger partial charge in [0, 0.05) is 6.54 Å². The topological polar surface area (TPSA) is 65.1 Å². The molecule has 0 bridgehead atoms. The van der Waals surface area contributed by atoms with E-state index in [4.69, 9.17) is 14.2 Å². The number of nitrogens with zero attached hydrogens (tertiary/aromatic N) is 1. The number of morpholine rings is 1. The Kier molecular flexibility index (Phi) is 4.19. The normalized spacial score (nSPS) is 32.3. The number of carbonyl (C=O) groups is 2. The van der Waals surface area contributed by atoms with E-state index in [0.29, 0.717) is 19.6 Å². The zero-order chi connectivity index (χ0) is 13.1. The minimum Gasteiger partial charge on any atom is -0.467 e. The highest BCUT2D eigenvalue weighted by atomic mass is 16.5. The van der Waals surface area contributed by atoms with Gasteiger partial charge in [0.25, 0.3) is 5.91 Å². The molecule has 0 aliphatic carbocycles. The van der Waals surface area contributed by atoms with Gasteiger partial charge in [-0.1, -0.05) is 0 Å². The lowest BCUT2D eigenvalue weighted by molar-refractivity contribution is -0.165. The minimum atomic E-state index is -0.643. The van der Waals surface area contributed by atoms with Gasteiger partial charge in [-0.05, 0) is 19.8 Å². The van der Waals surface area contributed by atoms with Crippen LogP contribution < -0.4 is 0 Å². The predicted octanol–water partition coefficient (Wildman–Crippen LogP) is -0.0457. The lowest BCUT2D eigenvalue weighted by Gasteiger charge is -2.35. The largest absolute Gasteiger partial charge is 0.467 e. The first-order chi connectivity index (χ1) is 8.63. The molecule has 3 atom stereocenters. The first-order valence-corrected chi connectivity index (χ1v) is 6.25. The van der Waals surface area contributed by atoms with Crippen LogP contribution in [0.2, 0.25) is 0 Å². The van der Waals surface area contributed by atoms with E-state index in [9.17, 15) is 9.59 Å². The van der Waals surface area contributed by atoms with Crippen molar-refractivity contribution < 1.29 is 23.8 Å². The molecule has 102 valence electrons. The smallest absolute Gasteiger partial charge is 0.331 e. The van der Waals surface area contributed by atoms with Crippen molar-refractivity contribution in [3.05, 3.63) is 0 Å². The molecule has 6 nitrogen and oxygen atoms in total. The number of rotatable bonds is 2. The fourth-order valence-electron chi connectivity index (χ4n) is 2.37. The van der Waals surface area contributed by atoms with Crippen LogP contribution >= 0.6 is 0 Å². The lowest BCUT2D eigenvalue weighted by atomic mass is 10.1. The van der Waals surface area contributed by atoms with Crippen molar-refractivity contribution in [2.45, 2.75) is 38.0 Å². The molecule has 0 saturated carbocycles. The van der Waals surface area contributed by atoms with Gasteiger partial charge in [-0.15, -0.1) is 0 Å². The van der Waals surface area contributed by atoms with Crippen LogP contribution in [-0.2, 0) is 23.8 Å². The summed E-state index contributed by atoms with van der Waals surface area (Å²) in [5, 5.41) is 0. The molecular formula is C12H19NO5. The van der Waals surface area contributed by atoms with Crippen molar-refractivity contribution >= 4 is 11.9 Å². The highest BCUT2D eigenvalue weighted by molar-refractivity contribution is 5.87. The zero-order valence-electron chi connectivity index (χ0n) is 10.8. The second-order valence-electron chi connectivity index (χ2n) is 4.66. The molecule has 0 aromatic rings. The number of ether oxygens (including phenoxy) is 3. The van der Waals surface area contributed by atoms with Crippen molar-refractivity contribution in [3.63, 3.8) is 0 Å². The molecule has 0 aromatic heterocycles. The van der Waals surface area contributed by atoms with E-state index >= 15 is 0 Å². The molecule has 0 aromatic carbocycles. The van der Waals surface area contributed by atoms with E-state index < -0.39 is 18.1 Å². The van der Waals surface area contributed by atoms with E-state index in [-0.39, 0.29) is 18.6 Å². The monoisotopic (exact) mass is 257 g/mol. The highest BCUT2D eigenvalue weighted by Crippen LogP contribution is 2.22. The summed E-state index contributed by atoms with van der Waals surface area (Å²) < 4.78 is 15.5. The molecule has 2 saturated heterocycles. The average Bonchev–Trinajstić information content (AvgIpc) is 2.83. The summed E-state index contributed by atoms with van der Waals surface area (Å²) in [5.41, 5.74) is 0. The Morgan fingerprint density at radius 1 is 1.33 bits per heavy atom. The fraction of sp³-hybridized carbons (Fsp3) is 0.833. The Bertz CT molecular complexity index is 332. The third-order valence-electron chi connectivity index (χ3n) is 3.39. The number of carbonyl (C=O) groups excluding carboxylic acids is 2. The van der Waals surface area contributed by atoms with Crippen LogP contribution in [0, 0.1) is 0 Å². The van der Waals surface area contributed by atoms with Gasteiger partial charge in [0.15, 0.2) is 6.04 Å². The molecule has 2 aliphatic rings. The van der Waals surface area contributed by atoms with Crippen LogP contribution in [0.1, 0.15) is 19.8 Å². The van der Waals surface area contributed by atoms with Crippen molar-refractivity contribution in [2.75, 3.05) is 26.9 Å². The van der Waals surface area contributed by atoms with Gasteiger partial charge < -0.3 is 19.1 Å². The Morgan fingerprint density at radius 2 is 2.11 bits per heavy atom. The van der Waals surface area contributed by atoms with Crippen molar-refractivity contribution in [2.24, 2.45) is 0 Å². The molecule has 0 N–H and O–H groups in total. The van der Waals surface area contributed by atoms with Crippen LogP contribution in [0.15, 0.2) is 0 Å². The Labute approximate surface area is 106 Å². The van der Waals surface area contributed by atoms with E-state index in [2.05, 4.69) is 0 Å². The maximum absolute atomic E-state index is 12.3. The van der Waals surface area contributed by atoms with Crippen LogP contribution in [0.3, 0.4) is 0 Å². The fourth-order valence-corrected chi connectivity index (χ4v) is 2.37. The summed E-state index contributed by atoms with van der Waals surface area (Å²) in [7, 11) is 1.31. The molecule has 2 aliphatic heterocycles. The summed E-state index contributed by atoms with van der Waals surface area (Å²) in [6.45, 7) is 3.00. The molecule has 1 amide bonds. The van der Waals surface area contributed by atoms with Crippen LogP contribution in [-0.4, -0.2) is 61.9 Å². The summed E-state index contributed by atoms with van der Waals surface area (Å²) in [4.78, 5) is 25.5. The molecule has 2 fully saturated rings. The second kappa shape index (κ2) is 5.67. The van der Waals surface area contributed by atoms with Crippen molar-refractivity contribution in [3.8, 4) is 0 Å². The van der Waals surface area contributed by atoms with Gasteiger partial charge in [0.1, 0.15) is 6.10 Å². The van der Waals surface area contributed by atoms with Gasteiger partial charge in [0.2, 0.25) is 0 Å². The predicted molar refractivity (Wildman–Crippen MR) is 61.9 cm³/mol. The molecule has 2 rings (SSSR count). The number of methoxy groups -OCH3 is 1. The summed E-state index contributed by atoms with van der Waals surface area (Å²) in [5.74, 6) is -0.563. The van der Waals surface area contributed by atoms with Gasteiger partial charge in [0.05, 0.1) is 26.4 Å². The first kappa shape index (κ1) is 13.3. The zero-order valence-corrected chi connectivity index (χ0v) is 10.8. The second-order valence-corrected chi connectivity index (χ2v) is 4.66. The standard InChI is InChI=1S/C12H19NO5/c1-8-3-4-10(18-8)11(14)13-5-6-17-7-9(13)12(15)16-2/h8-10H,3-7H2,1-2H3. The van der Waals surface area contributed by atoms with E-state index in [1.807, 2.05) is 6.92 Å². The van der Waals surface area contributed by atoms with E-state index in [1.54, 1.807) is 0 Å². The molecule has 0 spiro atoms. The first-order valence-electron chi connectivity index (χ1n) is 6.25. The van der Waals surface area contributed by atoms with E-state index in [0.717, 1.165) is 6.42 Å². The van der Waals surface area contributed by atoms with Gasteiger partial charge in [-0.3, -0.25) is 4.79 Å². The highest BCUT2D eigenvalue weighted by Gasteiger charge is 2.39. The number of esters is 1. The molecule has 18 heavy (non-hydrogen) atoms. The SMILES string of the molecule is COC(=O)C1COCCN1C(=O)C1CCC(C)O1. The number of hydrogen-bond donors (Lipinski definition) is 0. The van der Waals surface area contributed by atoms with Crippen molar-refractivity contribution in [1.29, 1.82) is 0 Å². The average molecular weight is 257 g/mol. The Hall–Kier alpha value is -1.14. The minimum absolute atomic E-state index is 0.108. The summed E-state index contributed by atoms with van der Waals surface area (Å²) >= 11 is 0. The maximum Gasteiger partial charge on any atom is 0.331 e. The third-order valence-corrected chi connectivity index (χ3v) is 3.39. The Balaban J connectivity index is 2.04. The van der Waals surface area contributed by atoms with Crippen molar-refractivity contribution in [1.82, 2.24) is 4.90 Å². The number of hydrogen-bond acceptors (Lipinski definition) is 5. The third kappa shape index (κ3) is 2.64. The molecule has 6 heteroatoms. The molecule has 0 radical (unpaired) electrons. The van der Waals surface area contributed by atoms with Crippen LogP contribution in [0.5, 0.6) is 0 Å². The Morgan fingerprint density at radius 3 is 2.72 bits per heavy atom. The lowest BCUT2D eigenvalue weighted by Crippen LogP contribution is -2.55. The maximum atomic E-state index is 12.3. The van der Waals surface area contributed by atoms with Gasteiger partial charge in [-0.25, -0.2) is 4.79 Å². The van der Waals surface area contributed by atoms with Crippen LogP contribution in [0.25, 0.3) is 0 Å². The van der Waals surface area contributed by atoms with E-state index in [1.165, 1.54) is 12.0 Å². The quantitative estimate of drug-likeness (QED) is 0.649.